The molecule has 0 saturated carbocycles. The second-order valence-corrected chi connectivity index (χ2v) is 8.43. The Bertz CT molecular complexity index is 907. The van der Waals surface area contributed by atoms with Gasteiger partial charge in [-0.3, -0.25) is 9.59 Å². The van der Waals surface area contributed by atoms with E-state index in [9.17, 15) is 9.59 Å². The molecule has 2 aliphatic rings. The molecule has 6 nitrogen and oxygen atoms in total. The standard InChI is InChI=1S/C22H30N4O2/c1-15-7-10-25(11-8-15)22(28)16-4-5-19-17(12-16)18-13-23-9-6-20(18)26(19)14-21(27)24(2)3/h4-5,12,15,23H,6-11,13-14H2,1-3H3. The highest BCUT2D eigenvalue weighted by Crippen LogP contribution is 2.30. The molecular formula is C22H30N4O2. The largest absolute Gasteiger partial charge is 0.347 e. The number of nitrogens with zero attached hydrogens (tertiary/aromatic N) is 3. The van der Waals surface area contributed by atoms with Crippen molar-refractivity contribution in [1.82, 2.24) is 19.7 Å². The summed E-state index contributed by atoms with van der Waals surface area (Å²) in [6.45, 7) is 5.98. The van der Waals surface area contributed by atoms with E-state index in [1.807, 2.05) is 23.1 Å². The maximum atomic E-state index is 13.0. The van der Waals surface area contributed by atoms with Crippen molar-refractivity contribution >= 4 is 22.7 Å². The number of nitrogens with one attached hydrogen (secondary N) is 1. The van der Waals surface area contributed by atoms with Crippen LogP contribution in [0.3, 0.4) is 0 Å². The molecule has 1 aromatic carbocycles. The summed E-state index contributed by atoms with van der Waals surface area (Å²) in [5.74, 6) is 0.914. The van der Waals surface area contributed by atoms with Gasteiger partial charge in [-0.2, -0.15) is 0 Å². The normalized spacial score (nSPS) is 17.6. The minimum atomic E-state index is 0.0841. The van der Waals surface area contributed by atoms with Gasteiger partial charge in [0.1, 0.15) is 6.54 Å². The van der Waals surface area contributed by atoms with Crippen LogP contribution in [0.4, 0.5) is 0 Å². The highest BCUT2D eigenvalue weighted by atomic mass is 16.2. The van der Waals surface area contributed by atoms with Gasteiger partial charge in [-0.1, -0.05) is 6.92 Å². The van der Waals surface area contributed by atoms with Crippen molar-refractivity contribution in [3.8, 4) is 0 Å². The molecule has 0 atom stereocenters. The number of likely N-dealkylation sites (tertiary alicyclic amines) is 1. The predicted octanol–water partition coefficient (Wildman–Crippen LogP) is 2.25. The molecule has 0 aliphatic carbocycles. The monoisotopic (exact) mass is 382 g/mol. The molecule has 1 saturated heterocycles. The fourth-order valence-electron chi connectivity index (χ4n) is 4.36. The van der Waals surface area contributed by atoms with Crippen LogP contribution in [-0.2, 0) is 24.3 Å². The molecule has 1 fully saturated rings. The molecule has 2 amide bonds. The van der Waals surface area contributed by atoms with Gasteiger partial charge in [0.25, 0.3) is 5.91 Å². The van der Waals surface area contributed by atoms with Gasteiger partial charge in [-0.15, -0.1) is 0 Å². The van der Waals surface area contributed by atoms with Crippen molar-refractivity contribution in [3.05, 3.63) is 35.0 Å². The minimum Gasteiger partial charge on any atom is -0.347 e. The highest BCUT2D eigenvalue weighted by molar-refractivity contribution is 5.99. The van der Waals surface area contributed by atoms with Gasteiger partial charge in [-0.25, -0.2) is 0 Å². The van der Waals surface area contributed by atoms with Gasteiger partial charge in [-0.05, 0) is 42.5 Å². The number of carbonyl (C=O) groups excluding carboxylic acids is 2. The number of benzene rings is 1. The van der Waals surface area contributed by atoms with Crippen molar-refractivity contribution in [2.45, 2.75) is 39.3 Å². The second-order valence-electron chi connectivity index (χ2n) is 8.43. The molecule has 28 heavy (non-hydrogen) atoms. The molecule has 6 heteroatoms. The Hall–Kier alpha value is -2.34. The van der Waals surface area contributed by atoms with Crippen LogP contribution in [0.5, 0.6) is 0 Å². The zero-order valence-electron chi connectivity index (χ0n) is 17.1. The summed E-state index contributed by atoms with van der Waals surface area (Å²) in [4.78, 5) is 29.0. The first-order chi connectivity index (χ1) is 13.5. The maximum Gasteiger partial charge on any atom is 0.253 e. The zero-order valence-corrected chi connectivity index (χ0v) is 17.1. The number of hydrogen-bond acceptors (Lipinski definition) is 3. The third-order valence-corrected chi connectivity index (χ3v) is 6.24. The number of likely N-dealkylation sites (N-methyl/N-ethyl adjacent to an activating group) is 1. The molecule has 1 aromatic heterocycles. The first-order valence-corrected chi connectivity index (χ1v) is 10.3. The fraction of sp³-hybridized carbons (Fsp3) is 0.545. The van der Waals surface area contributed by atoms with Crippen molar-refractivity contribution in [2.24, 2.45) is 5.92 Å². The Morgan fingerprint density at radius 3 is 2.68 bits per heavy atom. The quantitative estimate of drug-likeness (QED) is 0.886. The lowest BCUT2D eigenvalue weighted by Gasteiger charge is -2.30. The van der Waals surface area contributed by atoms with Crippen molar-refractivity contribution < 1.29 is 9.59 Å². The second kappa shape index (κ2) is 7.59. The lowest BCUT2D eigenvalue weighted by Crippen LogP contribution is -2.37. The van der Waals surface area contributed by atoms with Crippen molar-refractivity contribution in [3.63, 3.8) is 0 Å². The molecule has 2 aromatic rings. The van der Waals surface area contributed by atoms with Gasteiger partial charge in [0, 0.05) is 68.9 Å². The molecular weight excluding hydrogens is 352 g/mol. The third-order valence-electron chi connectivity index (χ3n) is 6.24. The molecule has 150 valence electrons. The van der Waals surface area contributed by atoms with Gasteiger partial charge in [0.2, 0.25) is 5.91 Å². The lowest BCUT2D eigenvalue weighted by molar-refractivity contribution is -0.129. The number of carbonyl (C=O) groups is 2. The van der Waals surface area contributed by atoms with Crippen LogP contribution < -0.4 is 5.32 Å². The molecule has 1 N–H and O–H groups in total. The number of amides is 2. The van der Waals surface area contributed by atoms with Crippen LogP contribution in [0.15, 0.2) is 18.2 Å². The van der Waals surface area contributed by atoms with Crippen LogP contribution in [0, 0.1) is 5.92 Å². The van der Waals surface area contributed by atoms with Crippen LogP contribution in [0.25, 0.3) is 10.9 Å². The Labute approximate surface area is 166 Å². The van der Waals surface area contributed by atoms with E-state index in [1.54, 1.807) is 19.0 Å². The smallest absolute Gasteiger partial charge is 0.253 e. The van der Waals surface area contributed by atoms with Gasteiger partial charge >= 0.3 is 0 Å². The van der Waals surface area contributed by atoms with E-state index in [-0.39, 0.29) is 11.8 Å². The van der Waals surface area contributed by atoms with Gasteiger partial charge < -0.3 is 19.7 Å². The number of piperidine rings is 1. The molecule has 0 bridgehead atoms. The minimum absolute atomic E-state index is 0.0841. The van der Waals surface area contributed by atoms with E-state index in [2.05, 4.69) is 16.8 Å². The van der Waals surface area contributed by atoms with Crippen LogP contribution >= 0.6 is 0 Å². The maximum absolute atomic E-state index is 13.0. The topological polar surface area (TPSA) is 57.6 Å². The highest BCUT2D eigenvalue weighted by Gasteiger charge is 2.25. The summed E-state index contributed by atoms with van der Waals surface area (Å²) in [6, 6.07) is 5.99. The number of fused-ring (bicyclic) bond motifs is 3. The van der Waals surface area contributed by atoms with Gasteiger partial charge in [0.15, 0.2) is 0 Å². The number of aromatic nitrogens is 1. The third kappa shape index (κ3) is 3.41. The van der Waals surface area contributed by atoms with Crippen LogP contribution in [-0.4, -0.2) is 59.9 Å². The van der Waals surface area contributed by atoms with E-state index in [1.165, 1.54) is 11.3 Å². The Balaban J connectivity index is 1.71. The summed E-state index contributed by atoms with van der Waals surface area (Å²) in [5, 5.41) is 4.54. The van der Waals surface area contributed by atoms with E-state index in [0.29, 0.717) is 12.5 Å². The predicted molar refractivity (Wildman–Crippen MR) is 110 cm³/mol. The summed E-state index contributed by atoms with van der Waals surface area (Å²) < 4.78 is 2.14. The summed E-state index contributed by atoms with van der Waals surface area (Å²) in [5.41, 5.74) is 4.26. The Morgan fingerprint density at radius 2 is 1.96 bits per heavy atom. The van der Waals surface area contributed by atoms with Crippen molar-refractivity contribution in [2.75, 3.05) is 33.7 Å². The fourth-order valence-corrected chi connectivity index (χ4v) is 4.36. The molecule has 0 spiro atoms. The van der Waals surface area contributed by atoms with Crippen molar-refractivity contribution in [1.29, 1.82) is 0 Å². The first-order valence-electron chi connectivity index (χ1n) is 10.3. The molecule has 2 aliphatic heterocycles. The van der Waals surface area contributed by atoms with Crippen LogP contribution in [0.2, 0.25) is 0 Å². The molecule has 3 heterocycles. The van der Waals surface area contributed by atoms with E-state index in [4.69, 9.17) is 0 Å². The molecule has 0 unspecified atom stereocenters. The lowest BCUT2D eigenvalue weighted by atomic mass is 9.98. The summed E-state index contributed by atoms with van der Waals surface area (Å²) in [7, 11) is 3.58. The zero-order chi connectivity index (χ0) is 19.8. The number of rotatable bonds is 3. The van der Waals surface area contributed by atoms with Gasteiger partial charge in [0.05, 0.1) is 0 Å². The van der Waals surface area contributed by atoms with E-state index in [0.717, 1.165) is 61.9 Å². The van der Waals surface area contributed by atoms with Crippen LogP contribution in [0.1, 0.15) is 41.4 Å². The average Bonchev–Trinajstić information content (AvgIpc) is 3.01. The first kappa shape index (κ1) is 19.0. The Morgan fingerprint density at radius 1 is 1.21 bits per heavy atom. The van der Waals surface area contributed by atoms with E-state index >= 15 is 0 Å². The Kier molecular flexibility index (Phi) is 5.15. The molecule has 4 rings (SSSR count). The number of hydrogen-bond donors (Lipinski definition) is 1. The summed E-state index contributed by atoms with van der Waals surface area (Å²) in [6.07, 6.45) is 3.06. The van der Waals surface area contributed by atoms with E-state index < -0.39 is 0 Å². The average molecular weight is 383 g/mol. The SMILES string of the molecule is CC1CCN(C(=O)c2ccc3c(c2)c2c(n3CC(=O)N(C)C)CCNC2)CC1. The molecule has 0 radical (unpaired) electrons. The summed E-state index contributed by atoms with van der Waals surface area (Å²) >= 11 is 0.